The van der Waals surface area contributed by atoms with E-state index in [9.17, 15) is 4.39 Å². The molecule has 0 amide bonds. The van der Waals surface area contributed by atoms with Gasteiger partial charge in [0.05, 0.1) is 5.69 Å². The fourth-order valence-electron chi connectivity index (χ4n) is 2.38. The van der Waals surface area contributed by atoms with Gasteiger partial charge < -0.3 is 0 Å². The molecule has 0 saturated heterocycles. The maximum absolute atomic E-state index is 14.3. The smallest absolute Gasteiger partial charge is 0.132 e. The lowest BCUT2D eigenvalue weighted by molar-refractivity contribution is 0.597. The van der Waals surface area contributed by atoms with Crippen LogP contribution in [0.4, 0.5) is 4.39 Å². The van der Waals surface area contributed by atoms with E-state index in [0.29, 0.717) is 17.4 Å². The van der Waals surface area contributed by atoms with Gasteiger partial charge in [0.2, 0.25) is 0 Å². The van der Waals surface area contributed by atoms with E-state index in [2.05, 4.69) is 39.7 Å². The van der Waals surface area contributed by atoms with Crippen LogP contribution in [0.3, 0.4) is 0 Å². The van der Waals surface area contributed by atoms with Crippen LogP contribution in [-0.2, 0) is 6.54 Å². The summed E-state index contributed by atoms with van der Waals surface area (Å²) >= 11 is 0. The summed E-state index contributed by atoms with van der Waals surface area (Å²) in [6, 6.07) is 7.46. The molecule has 0 fully saturated rings. The van der Waals surface area contributed by atoms with Gasteiger partial charge in [-0.15, -0.1) is 0 Å². The van der Waals surface area contributed by atoms with Crippen molar-refractivity contribution in [1.82, 2.24) is 9.78 Å². The summed E-state index contributed by atoms with van der Waals surface area (Å²) in [6.45, 7) is 11.3. The van der Waals surface area contributed by atoms with Crippen molar-refractivity contribution in [3.05, 3.63) is 41.3 Å². The fraction of sp³-hybridized carbons (Fsp3) is 0.471. The van der Waals surface area contributed by atoms with Gasteiger partial charge in [0.1, 0.15) is 5.82 Å². The zero-order valence-electron chi connectivity index (χ0n) is 12.9. The molecule has 0 N–H and O–H groups in total. The third-order valence-electron chi connectivity index (χ3n) is 3.64. The van der Waals surface area contributed by atoms with E-state index in [1.54, 1.807) is 6.07 Å². The van der Waals surface area contributed by atoms with Crippen LogP contribution in [0.15, 0.2) is 24.3 Å². The molecule has 1 heterocycles. The summed E-state index contributed by atoms with van der Waals surface area (Å²) in [5.74, 6) is 0.527. The first-order valence-corrected chi connectivity index (χ1v) is 7.31. The number of benzene rings is 1. The highest BCUT2D eigenvalue weighted by atomic mass is 19.1. The number of aryl methyl sites for hydroxylation is 1. The van der Waals surface area contributed by atoms with Crippen molar-refractivity contribution in [2.75, 3.05) is 0 Å². The predicted octanol–water partition coefficient (Wildman–Crippen LogP) is 4.96. The Bertz CT molecular complexity index is 597. The van der Waals surface area contributed by atoms with Crippen molar-refractivity contribution >= 4 is 0 Å². The second-order valence-electron chi connectivity index (χ2n) is 5.82. The molecule has 2 nitrogen and oxygen atoms in total. The van der Waals surface area contributed by atoms with Crippen LogP contribution >= 0.6 is 0 Å². The quantitative estimate of drug-likeness (QED) is 0.770. The van der Waals surface area contributed by atoms with E-state index >= 15 is 0 Å². The van der Waals surface area contributed by atoms with Crippen LogP contribution in [0.25, 0.3) is 11.3 Å². The van der Waals surface area contributed by atoms with Gasteiger partial charge in [0, 0.05) is 17.8 Å². The topological polar surface area (TPSA) is 17.8 Å². The maximum atomic E-state index is 14.3. The molecule has 2 aromatic rings. The fourth-order valence-corrected chi connectivity index (χ4v) is 2.38. The number of hydrogen-bond donors (Lipinski definition) is 0. The highest BCUT2D eigenvalue weighted by Crippen LogP contribution is 2.28. The molecule has 3 heteroatoms. The summed E-state index contributed by atoms with van der Waals surface area (Å²) in [5, 5.41) is 4.53. The number of hydrogen-bond acceptors (Lipinski definition) is 1. The lowest BCUT2D eigenvalue weighted by Crippen LogP contribution is -2.03. The summed E-state index contributed by atoms with van der Waals surface area (Å²) in [5.41, 5.74) is 3.48. The number of nitrogens with zero attached hydrogens (tertiary/aromatic N) is 2. The van der Waals surface area contributed by atoms with Gasteiger partial charge in [-0.2, -0.15) is 5.10 Å². The summed E-state index contributed by atoms with van der Waals surface area (Å²) < 4.78 is 16.2. The minimum absolute atomic E-state index is 0.188. The van der Waals surface area contributed by atoms with Crippen molar-refractivity contribution in [3.8, 4) is 11.3 Å². The van der Waals surface area contributed by atoms with Gasteiger partial charge >= 0.3 is 0 Å². The van der Waals surface area contributed by atoms with Crippen LogP contribution in [0.5, 0.6) is 0 Å². The minimum Gasteiger partial charge on any atom is -0.269 e. The van der Waals surface area contributed by atoms with E-state index in [0.717, 1.165) is 23.5 Å². The lowest BCUT2D eigenvalue weighted by Gasteiger charge is -2.07. The Kier molecular flexibility index (Phi) is 4.26. The van der Waals surface area contributed by atoms with Gasteiger partial charge in [-0.3, -0.25) is 4.68 Å². The molecule has 1 aromatic carbocycles. The summed E-state index contributed by atoms with van der Waals surface area (Å²) in [4.78, 5) is 0. The first-order chi connectivity index (χ1) is 9.43. The number of halogens is 1. The van der Waals surface area contributed by atoms with Crippen LogP contribution < -0.4 is 0 Å². The maximum Gasteiger partial charge on any atom is 0.132 e. The predicted molar refractivity (Wildman–Crippen MR) is 81.5 cm³/mol. The monoisotopic (exact) mass is 274 g/mol. The molecule has 108 valence electrons. The van der Waals surface area contributed by atoms with Crippen molar-refractivity contribution in [3.63, 3.8) is 0 Å². The molecule has 0 unspecified atom stereocenters. The van der Waals surface area contributed by atoms with E-state index in [1.165, 1.54) is 0 Å². The Morgan fingerprint density at radius 2 is 1.80 bits per heavy atom. The second-order valence-corrected chi connectivity index (χ2v) is 5.82. The van der Waals surface area contributed by atoms with Crippen LogP contribution in [0, 0.1) is 5.82 Å². The molecule has 0 aliphatic heterocycles. The lowest BCUT2D eigenvalue weighted by atomic mass is 10.00. The van der Waals surface area contributed by atoms with Crippen LogP contribution in [0.2, 0.25) is 0 Å². The minimum atomic E-state index is -0.188. The normalized spacial score (nSPS) is 11.6. The standard InChI is InChI=1S/C17H23FN2/c1-6-20-17(12(4)5)10-16(19-20)14-8-7-13(11(2)3)9-15(14)18/h7-12H,6H2,1-5H3. The van der Waals surface area contributed by atoms with Crippen molar-refractivity contribution in [2.45, 2.75) is 53.0 Å². The van der Waals surface area contributed by atoms with Gasteiger partial charge in [0.15, 0.2) is 0 Å². The Hall–Kier alpha value is -1.64. The molecule has 20 heavy (non-hydrogen) atoms. The highest BCUT2D eigenvalue weighted by Gasteiger charge is 2.15. The molecule has 0 spiro atoms. The molecule has 0 aliphatic rings. The largest absolute Gasteiger partial charge is 0.269 e. The van der Waals surface area contributed by atoms with E-state index in [1.807, 2.05) is 22.9 Å². The molecule has 2 rings (SSSR count). The van der Waals surface area contributed by atoms with Gasteiger partial charge in [-0.1, -0.05) is 33.8 Å². The molecule has 0 bridgehead atoms. The molecule has 1 aromatic heterocycles. The van der Waals surface area contributed by atoms with Crippen molar-refractivity contribution < 1.29 is 4.39 Å². The Balaban J connectivity index is 2.46. The van der Waals surface area contributed by atoms with Crippen LogP contribution in [0.1, 0.15) is 57.7 Å². The first kappa shape index (κ1) is 14.8. The third kappa shape index (κ3) is 2.77. The third-order valence-corrected chi connectivity index (χ3v) is 3.64. The van der Waals surface area contributed by atoms with Gasteiger partial charge in [-0.05, 0) is 42.5 Å². The van der Waals surface area contributed by atoms with E-state index < -0.39 is 0 Å². The zero-order chi connectivity index (χ0) is 14.9. The second kappa shape index (κ2) is 5.78. The molecular formula is C17H23FN2. The molecule has 0 atom stereocenters. The SMILES string of the molecule is CCn1nc(-c2ccc(C(C)C)cc2F)cc1C(C)C. The molecule has 0 saturated carbocycles. The van der Waals surface area contributed by atoms with E-state index in [4.69, 9.17) is 0 Å². The van der Waals surface area contributed by atoms with Gasteiger partial charge in [0.25, 0.3) is 0 Å². The average molecular weight is 274 g/mol. The summed E-state index contributed by atoms with van der Waals surface area (Å²) in [6.07, 6.45) is 0. The van der Waals surface area contributed by atoms with Crippen molar-refractivity contribution in [1.29, 1.82) is 0 Å². The highest BCUT2D eigenvalue weighted by molar-refractivity contribution is 5.61. The van der Waals surface area contributed by atoms with Gasteiger partial charge in [-0.25, -0.2) is 4.39 Å². The molecule has 0 radical (unpaired) electrons. The zero-order valence-corrected chi connectivity index (χ0v) is 12.9. The molecular weight excluding hydrogens is 251 g/mol. The van der Waals surface area contributed by atoms with Crippen LogP contribution in [-0.4, -0.2) is 9.78 Å². The Morgan fingerprint density at radius 3 is 2.25 bits per heavy atom. The average Bonchev–Trinajstić information content (AvgIpc) is 2.82. The van der Waals surface area contributed by atoms with Crippen molar-refractivity contribution in [2.24, 2.45) is 0 Å². The van der Waals surface area contributed by atoms with E-state index in [-0.39, 0.29) is 5.82 Å². The Morgan fingerprint density at radius 1 is 1.10 bits per heavy atom. The number of aromatic nitrogens is 2. The Labute approximate surface area is 120 Å². The molecule has 0 aliphatic carbocycles. The first-order valence-electron chi connectivity index (χ1n) is 7.31. The number of rotatable bonds is 4. The summed E-state index contributed by atoms with van der Waals surface area (Å²) in [7, 11) is 0.